The Balaban J connectivity index is 2.45. The summed E-state index contributed by atoms with van der Waals surface area (Å²) in [6, 6.07) is 2.83. The molecule has 1 heterocycles. The van der Waals surface area contributed by atoms with E-state index in [0.29, 0.717) is 17.2 Å². The molecule has 0 aromatic heterocycles. The summed E-state index contributed by atoms with van der Waals surface area (Å²) in [5, 5.41) is 0.315. The number of alkyl halides is 3. The van der Waals surface area contributed by atoms with Crippen LogP contribution in [0.25, 0.3) is 6.08 Å². The Bertz CT molecular complexity index is 655. The average molecular weight is 365 g/mol. The summed E-state index contributed by atoms with van der Waals surface area (Å²) in [5.74, 6) is -1.08. The van der Waals surface area contributed by atoms with E-state index in [0.717, 1.165) is 6.08 Å². The Morgan fingerprint density at radius 3 is 2.58 bits per heavy atom. The maximum absolute atomic E-state index is 13.2. The van der Waals surface area contributed by atoms with Crippen LogP contribution in [0.2, 0.25) is 5.02 Å². The third-order valence-corrected chi connectivity index (χ3v) is 3.64. The fraction of sp³-hybridized carbons (Fsp3) is 0.438. The molecular weight excluding hydrogens is 349 g/mol. The highest BCUT2D eigenvalue weighted by Gasteiger charge is 2.48. The molecule has 24 heavy (non-hydrogen) atoms. The van der Waals surface area contributed by atoms with E-state index in [1.807, 2.05) is 0 Å². The highest BCUT2D eigenvalue weighted by Crippen LogP contribution is 2.39. The summed E-state index contributed by atoms with van der Waals surface area (Å²) in [5.41, 5.74) is 0.181. The number of carbonyl (C=O) groups excluding carboxylic acids is 1. The van der Waals surface area contributed by atoms with Crippen molar-refractivity contribution in [3.8, 4) is 5.75 Å². The molecule has 1 aliphatic heterocycles. The highest BCUT2D eigenvalue weighted by molar-refractivity contribution is 6.31. The maximum atomic E-state index is 13.2. The zero-order valence-corrected chi connectivity index (χ0v) is 13.8. The van der Waals surface area contributed by atoms with E-state index in [9.17, 15) is 18.0 Å². The van der Waals surface area contributed by atoms with Crippen molar-refractivity contribution in [1.82, 2.24) is 0 Å². The van der Waals surface area contributed by atoms with Crippen LogP contribution < -0.4 is 4.74 Å². The number of halogens is 4. The minimum Gasteiger partial charge on any atom is -0.475 e. The summed E-state index contributed by atoms with van der Waals surface area (Å²) in [7, 11) is 0. The van der Waals surface area contributed by atoms with Crippen LogP contribution >= 0.6 is 11.6 Å². The number of hydrogen-bond acceptors (Lipinski definition) is 4. The number of carbonyl (C=O) groups is 1. The van der Waals surface area contributed by atoms with Crippen LogP contribution in [0.15, 0.2) is 17.7 Å². The Kier molecular flexibility index (Phi) is 5.77. The zero-order chi connectivity index (χ0) is 17.9. The first-order chi connectivity index (χ1) is 11.3. The molecule has 1 aliphatic rings. The van der Waals surface area contributed by atoms with Crippen molar-refractivity contribution in [2.45, 2.75) is 32.7 Å². The second-order valence-electron chi connectivity index (χ2n) is 4.98. The Morgan fingerprint density at radius 1 is 1.29 bits per heavy atom. The van der Waals surface area contributed by atoms with E-state index in [2.05, 4.69) is 4.74 Å². The lowest BCUT2D eigenvalue weighted by molar-refractivity contribution is -0.187. The molecule has 0 N–H and O–H groups in total. The van der Waals surface area contributed by atoms with Gasteiger partial charge in [0.2, 0.25) is 6.10 Å². The van der Waals surface area contributed by atoms with Gasteiger partial charge in [0.15, 0.2) is 0 Å². The molecule has 0 saturated heterocycles. The molecule has 2 rings (SSSR count). The van der Waals surface area contributed by atoms with E-state index in [1.54, 1.807) is 6.92 Å². The van der Waals surface area contributed by atoms with Crippen LogP contribution in [0.5, 0.6) is 5.75 Å². The summed E-state index contributed by atoms with van der Waals surface area (Å²) in [4.78, 5) is 11.8. The van der Waals surface area contributed by atoms with Crippen molar-refractivity contribution in [1.29, 1.82) is 0 Å². The molecule has 0 radical (unpaired) electrons. The van der Waals surface area contributed by atoms with Gasteiger partial charge in [-0.1, -0.05) is 11.6 Å². The topological polar surface area (TPSA) is 44.8 Å². The van der Waals surface area contributed by atoms with Gasteiger partial charge in [-0.25, -0.2) is 4.79 Å². The highest BCUT2D eigenvalue weighted by atomic mass is 35.5. The van der Waals surface area contributed by atoms with E-state index in [4.69, 9.17) is 21.1 Å². The first-order valence-corrected chi connectivity index (χ1v) is 7.68. The van der Waals surface area contributed by atoms with Crippen LogP contribution in [-0.4, -0.2) is 31.5 Å². The fourth-order valence-electron chi connectivity index (χ4n) is 2.21. The largest absolute Gasteiger partial charge is 0.475 e. The smallest absolute Gasteiger partial charge is 0.430 e. The first kappa shape index (κ1) is 18.6. The van der Waals surface area contributed by atoms with Crippen LogP contribution in [0.1, 0.15) is 25.0 Å². The molecule has 1 aromatic rings. The molecule has 0 fully saturated rings. The van der Waals surface area contributed by atoms with Gasteiger partial charge in [0.25, 0.3) is 0 Å². The van der Waals surface area contributed by atoms with Crippen molar-refractivity contribution in [3.63, 3.8) is 0 Å². The van der Waals surface area contributed by atoms with Gasteiger partial charge in [-0.3, -0.25) is 0 Å². The van der Waals surface area contributed by atoms with E-state index in [-0.39, 0.29) is 24.5 Å². The quantitative estimate of drug-likeness (QED) is 0.736. The molecule has 4 nitrogen and oxygen atoms in total. The predicted octanol–water partition coefficient (Wildman–Crippen LogP) is 4.15. The Morgan fingerprint density at radius 2 is 2.00 bits per heavy atom. The van der Waals surface area contributed by atoms with Crippen molar-refractivity contribution in [3.05, 3.63) is 33.9 Å². The van der Waals surface area contributed by atoms with E-state index < -0.39 is 23.8 Å². The molecule has 1 aromatic carbocycles. The Hall–Kier alpha value is -1.73. The van der Waals surface area contributed by atoms with Crippen molar-refractivity contribution < 1.29 is 32.2 Å². The third-order valence-electron chi connectivity index (χ3n) is 3.29. The number of rotatable bonds is 5. The second kappa shape index (κ2) is 7.44. The van der Waals surface area contributed by atoms with Crippen molar-refractivity contribution in [2.24, 2.45) is 0 Å². The fourth-order valence-corrected chi connectivity index (χ4v) is 2.43. The second-order valence-corrected chi connectivity index (χ2v) is 5.39. The lowest BCUT2D eigenvalue weighted by atomic mass is 10.00. The normalized spacial score (nSPS) is 16.9. The van der Waals surface area contributed by atoms with Crippen LogP contribution in [-0.2, 0) is 20.9 Å². The number of benzene rings is 1. The van der Waals surface area contributed by atoms with Crippen LogP contribution in [0.4, 0.5) is 13.2 Å². The van der Waals surface area contributed by atoms with Crippen molar-refractivity contribution in [2.75, 3.05) is 13.2 Å². The van der Waals surface area contributed by atoms with Gasteiger partial charge in [0, 0.05) is 22.8 Å². The number of fused-ring (bicyclic) bond motifs is 1. The van der Waals surface area contributed by atoms with Gasteiger partial charge in [0.1, 0.15) is 5.75 Å². The molecule has 1 atom stereocenters. The number of esters is 1. The summed E-state index contributed by atoms with van der Waals surface area (Å²) >= 11 is 6.11. The van der Waals surface area contributed by atoms with Crippen molar-refractivity contribution >= 4 is 23.6 Å². The lowest BCUT2D eigenvalue weighted by Crippen LogP contribution is -2.40. The molecule has 0 amide bonds. The van der Waals surface area contributed by atoms with Gasteiger partial charge >= 0.3 is 12.1 Å². The average Bonchev–Trinajstić information content (AvgIpc) is 2.51. The van der Waals surface area contributed by atoms with Gasteiger partial charge in [-0.2, -0.15) is 13.2 Å². The molecule has 0 saturated carbocycles. The standard InChI is InChI=1S/C16H16ClF3O4/c1-3-22-8-10-7-13-9(6-12(10)17)5-11(15(21)23-4-2)14(24-13)16(18,19)20/h5-7,14H,3-4,8H2,1-2H3. The minimum absolute atomic E-state index is 0.00974. The number of hydrogen-bond donors (Lipinski definition) is 0. The molecule has 8 heteroatoms. The number of ether oxygens (including phenoxy) is 3. The van der Waals surface area contributed by atoms with Crippen LogP contribution in [0, 0.1) is 0 Å². The van der Waals surface area contributed by atoms with E-state index >= 15 is 0 Å². The van der Waals surface area contributed by atoms with Crippen LogP contribution in [0.3, 0.4) is 0 Å². The zero-order valence-electron chi connectivity index (χ0n) is 13.1. The Labute approximate surface area is 142 Å². The molecule has 1 unspecified atom stereocenters. The monoisotopic (exact) mass is 364 g/mol. The van der Waals surface area contributed by atoms with Gasteiger partial charge < -0.3 is 14.2 Å². The predicted molar refractivity (Wildman–Crippen MR) is 81.9 cm³/mol. The minimum atomic E-state index is -4.75. The van der Waals surface area contributed by atoms with Gasteiger partial charge in [-0.15, -0.1) is 0 Å². The lowest BCUT2D eigenvalue weighted by Gasteiger charge is -2.28. The summed E-state index contributed by atoms with van der Waals surface area (Å²) in [6.45, 7) is 3.84. The first-order valence-electron chi connectivity index (χ1n) is 7.30. The SMILES string of the molecule is CCOCc1cc2c(cc1Cl)C=C(C(=O)OCC)C(C(F)(F)F)O2. The third kappa shape index (κ3) is 4.02. The summed E-state index contributed by atoms with van der Waals surface area (Å²) < 4.78 is 54.7. The molecule has 0 spiro atoms. The van der Waals surface area contributed by atoms with Gasteiger partial charge in [0.05, 0.1) is 18.8 Å². The molecular formula is C16H16ClF3O4. The summed E-state index contributed by atoms with van der Waals surface area (Å²) in [6.07, 6.45) is -6.04. The van der Waals surface area contributed by atoms with Gasteiger partial charge in [-0.05, 0) is 32.1 Å². The maximum Gasteiger partial charge on any atom is 0.430 e. The molecule has 0 aliphatic carbocycles. The molecule has 132 valence electrons. The van der Waals surface area contributed by atoms with E-state index in [1.165, 1.54) is 19.1 Å². The molecule has 0 bridgehead atoms.